The minimum atomic E-state index is -0.641. The molecule has 1 rings (SSSR count). The Balaban J connectivity index is 2.44. The minimum Gasteiger partial charge on any atom is -0.334 e. The summed E-state index contributed by atoms with van der Waals surface area (Å²) in [6.45, 7) is 4.87. The summed E-state index contributed by atoms with van der Waals surface area (Å²) in [4.78, 5) is 24.5. The zero-order valence-corrected chi connectivity index (χ0v) is 9.25. The van der Waals surface area contributed by atoms with Crippen molar-refractivity contribution < 1.29 is 9.59 Å². The van der Waals surface area contributed by atoms with Crippen LogP contribution in [0.5, 0.6) is 0 Å². The van der Waals surface area contributed by atoms with Crippen LogP contribution in [0, 0.1) is 0 Å². The van der Waals surface area contributed by atoms with Crippen molar-refractivity contribution in [1.29, 1.82) is 0 Å². The molecule has 0 aromatic rings. The van der Waals surface area contributed by atoms with E-state index in [0.29, 0.717) is 13.1 Å². The van der Waals surface area contributed by atoms with E-state index in [1.54, 1.807) is 18.7 Å². The number of carbonyl (C=O) groups is 2. The Hall–Kier alpha value is -1.39. The highest BCUT2D eigenvalue weighted by Crippen LogP contribution is 2.08. The summed E-state index contributed by atoms with van der Waals surface area (Å²) in [5.74, 6) is -1.11. The first-order chi connectivity index (χ1) is 7.11. The molecule has 2 amide bonds. The number of hydrazone groups is 1. The Labute approximate surface area is 89.5 Å². The summed E-state index contributed by atoms with van der Waals surface area (Å²) in [5, 5.41) is 3.71. The van der Waals surface area contributed by atoms with Crippen molar-refractivity contribution in [2.24, 2.45) is 5.10 Å². The lowest BCUT2D eigenvalue weighted by atomic mass is 10.1. The predicted molar refractivity (Wildman–Crippen MR) is 57.4 cm³/mol. The highest BCUT2D eigenvalue weighted by Gasteiger charge is 2.22. The van der Waals surface area contributed by atoms with Gasteiger partial charge in [-0.3, -0.25) is 9.59 Å². The Morgan fingerprint density at radius 2 is 1.73 bits per heavy atom. The molecule has 1 aliphatic rings. The van der Waals surface area contributed by atoms with Gasteiger partial charge in [0.25, 0.3) is 0 Å². The second-order valence-corrected chi connectivity index (χ2v) is 3.85. The molecule has 1 heterocycles. The Bertz CT molecular complexity index is 276. The first-order valence-electron chi connectivity index (χ1n) is 5.21. The molecule has 0 radical (unpaired) electrons. The zero-order chi connectivity index (χ0) is 11.3. The molecule has 5 nitrogen and oxygen atoms in total. The lowest BCUT2D eigenvalue weighted by Gasteiger charge is -2.25. The van der Waals surface area contributed by atoms with Gasteiger partial charge in [0.2, 0.25) is 0 Å². The van der Waals surface area contributed by atoms with Crippen LogP contribution in [-0.4, -0.2) is 35.5 Å². The van der Waals surface area contributed by atoms with Crippen molar-refractivity contribution in [3.05, 3.63) is 0 Å². The van der Waals surface area contributed by atoms with Crippen molar-refractivity contribution in [3.8, 4) is 0 Å². The molecule has 0 saturated carbocycles. The standard InChI is InChI=1S/C10H17N3O2/c1-8(2)11-12-9(14)10(15)13-6-4-3-5-7-13/h3-7H2,1-2H3,(H,12,14). The monoisotopic (exact) mass is 211 g/mol. The number of hydrogen-bond acceptors (Lipinski definition) is 3. The van der Waals surface area contributed by atoms with Crippen molar-refractivity contribution in [1.82, 2.24) is 10.3 Å². The van der Waals surface area contributed by atoms with Gasteiger partial charge in [0.15, 0.2) is 0 Å². The van der Waals surface area contributed by atoms with Crippen molar-refractivity contribution >= 4 is 17.5 Å². The van der Waals surface area contributed by atoms with Gasteiger partial charge in [0, 0.05) is 18.8 Å². The van der Waals surface area contributed by atoms with Gasteiger partial charge in [-0.25, -0.2) is 5.43 Å². The average Bonchev–Trinajstić information content (AvgIpc) is 2.26. The fourth-order valence-corrected chi connectivity index (χ4v) is 1.45. The molecule has 15 heavy (non-hydrogen) atoms. The van der Waals surface area contributed by atoms with Crippen LogP contribution in [-0.2, 0) is 9.59 Å². The second kappa shape index (κ2) is 5.48. The molecule has 0 aromatic heterocycles. The van der Waals surface area contributed by atoms with Gasteiger partial charge in [-0.1, -0.05) is 0 Å². The fraction of sp³-hybridized carbons (Fsp3) is 0.700. The lowest BCUT2D eigenvalue weighted by Crippen LogP contribution is -2.44. The quantitative estimate of drug-likeness (QED) is 0.390. The smallest absolute Gasteiger partial charge is 0.329 e. The highest BCUT2D eigenvalue weighted by molar-refractivity contribution is 6.35. The Morgan fingerprint density at radius 1 is 1.13 bits per heavy atom. The topological polar surface area (TPSA) is 61.8 Å². The highest BCUT2D eigenvalue weighted by atomic mass is 16.2. The molecular formula is C10H17N3O2. The summed E-state index contributed by atoms with van der Waals surface area (Å²) >= 11 is 0. The molecular weight excluding hydrogens is 194 g/mol. The number of hydrogen-bond donors (Lipinski definition) is 1. The molecule has 0 bridgehead atoms. The van der Waals surface area contributed by atoms with E-state index in [0.717, 1.165) is 25.0 Å². The van der Waals surface area contributed by atoms with Gasteiger partial charge in [0.1, 0.15) is 0 Å². The van der Waals surface area contributed by atoms with E-state index in [1.165, 1.54) is 0 Å². The van der Waals surface area contributed by atoms with Crippen LogP contribution in [0.2, 0.25) is 0 Å². The summed E-state index contributed by atoms with van der Waals surface area (Å²) in [6.07, 6.45) is 3.10. The van der Waals surface area contributed by atoms with E-state index in [-0.39, 0.29) is 0 Å². The van der Waals surface area contributed by atoms with Crippen LogP contribution in [0.1, 0.15) is 33.1 Å². The Kier molecular flexibility index (Phi) is 4.27. The van der Waals surface area contributed by atoms with Gasteiger partial charge < -0.3 is 4.90 Å². The molecule has 0 spiro atoms. The van der Waals surface area contributed by atoms with Crippen molar-refractivity contribution in [2.75, 3.05) is 13.1 Å². The van der Waals surface area contributed by atoms with Crippen LogP contribution >= 0.6 is 0 Å². The van der Waals surface area contributed by atoms with E-state index < -0.39 is 11.8 Å². The van der Waals surface area contributed by atoms with Gasteiger partial charge >= 0.3 is 11.8 Å². The number of nitrogens with one attached hydrogen (secondary N) is 1. The lowest BCUT2D eigenvalue weighted by molar-refractivity contribution is -0.146. The third-order valence-corrected chi connectivity index (χ3v) is 2.22. The summed E-state index contributed by atoms with van der Waals surface area (Å²) < 4.78 is 0. The predicted octanol–water partition coefficient (Wildman–Crippen LogP) is 0.511. The second-order valence-electron chi connectivity index (χ2n) is 3.85. The molecule has 1 saturated heterocycles. The first-order valence-corrected chi connectivity index (χ1v) is 5.21. The summed E-state index contributed by atoms with van der Waals surface area (Å²) in [7, 11) is 0. The number of rotatable bonds is 1. The zero-order valence-electron chi connectivity index (χ0n) is 9.25. The SMILES string of the molecule is CC(C)=NNC(=O)C(=O)N1CCCCC1. The van der Waals surface area contributed by atoms with Gasteiger partial charge in [-0.2, -0.15) is 5.10 Å². The number of carbonyl (C=O) groups excluding carboxylic acids is 2. The van der Waals surface area contributed by atoms with Crippen LogP contribution in [0.4, 0.5) is 0 Å². The fourth-order valence-electron chi connectivity index (χ4n) is 1.45. The summed E-state index contributed by atoms with van der Waals surface area (Å²) in [5.41, 5.74) is 2.95. The normalized spacial score (nSPS) is 15.7. The number of piperidine rings is 1. The van der Waals surface area contributed by atoms with E-state index in [1.807, 2.05) is 0 Å². The largest absolute Gasteiger partial charge is 0.334 e. The summed E-state index contributed by atoms with van der Waals surface area (Å²) in [6, 6.07) is 0. The van der Waals surface area contributed by atoms with Crippen LogP contribution in [0.25, 0.3) is 0 Å². The van der Waals surface area contributed by atoms with E-state index >= 15 is 0 Å². The van der Waals surface area contributed by atoms with E-state index in [9.17, 15) is 9.59 Å². The number of likely N-dealkylation sites (tertiary alicyclic amines) is 1. The number of nitrogens with zero attached hydrogens (tertiary/aromatic N) is 2. The molecule has 5 heteroatoms. The van der Waals surface area contributed by atoms with Gasteiger partial charge in [-0.05, 0) is 33.1 Å². The van der Waals surface area contributed by atoms with Crippen LogP contribution < -0.4 is 5.43 Å². The molecule has 0 atom stereocenters. The molecule has 1 fully saturated rings. The molecule has 1 N–H and O–H groups in total. The molecule has 0 unspecified atom stereocenters. The third-order valence-electron chi connectivity index (χ3n) is 2.22. The first kappa shape index (κ1) is 11.7. The Morgan fingerprint density at radius 3 is 2.27 bits per heavy atom. The van der Waals surface area contributed by atoms with Gasteiger partial charge in [-0.15, -0.1) is 0 Å². The third kappa shape index (κ3) is 3.69. The average molecular weight is 211 g/mol. The van der Waals surface area contributed by atoms with E-state index in [4.69, 9.17) is 0 Å². The molecule has 1 aliphatic heterocycles. The molecule has 0 aliphatic carbocycles. The maximum absolute atomic E-state index is 11.6. The van der Waals surface area contributed by atoms with Crippen LogP contribution in [0.15, 0.2) is 5.10 Å². The molecule has 84 valence electrons. The maximum atomic E-state index is 11.6. The van der Waals surface area contributed by atoms with Crippen LogP contribution in [0.3, 0.4) is 0 Å². The van der Waals surface area contributed by atoms with Crippen molar-refractivity contribution in [2.45, 2.75) is 33.1 Å². The van der Waals surface area contributed by atoms with Gasteiger partial charge in [0.05, 0.1) is 0 Å². The molecule has 0 aromatic carbocycles. The van der Waals surface area contributed by atoms with Crippen molar-refractivity contribution in [3.63, 3.8) is 0 Å². The van der Waals surface area contributed by atoms with E-state index in [2.05, 4.69) is 10.5 Å². The minimum absolute atomic E-state index is 0.472. The maximum Gasteiger partial charge on any atom is 0.329 e. The number of amides is 2.